The SMILES string of the molecule is CC(C)CNCc1cnc(OC2CCC(C)CC2)c(Cl)c1. The van der Waals surface area contributed by atoms with Crippen molar-refractivity contribution in [1.29, 1.82) is 0 Å². The van der Waals surface area contributed by atoms with Crippen molar-refractivity contribution in [3.63, 3.8) is 0 Å². The number of rotatable bonds is 6. The summed E-state index contributed by atoms with van der Waals surface area (Å²) in [5.41, 5.74) is 1.10. The van der Waals surface area contributed by atoms with Gasteiger partial charge in [-0.1, -0.05) is 32.4 Å². The van der Waals surface area contributed by atoms with Crippen LogP contribution in [0.3, 0.4) is 0 Å². The zero-order valence-electron chi connectivity index (χ0n) is 13.4. The van der Waals surface area contributed by atoms with Crippen molar-refractivity contribution >= 4 is 11.6 Å². The van der Waals surface area contributed by atoms with Gasteiger partial charge in [0.15, 0.2) is 0 Å². The largest absolute Gasteiger partial charge is 0.473 e. The molecule has 1 aliphatic carbocycles. The average molecular weight is 311 g/mol. The molecule has 1 saturated carbocycles. The Hall–Kier alpha value is -0.800. The van der Waals surface area contributed by atoms with E-state index in [9.17, 15) is 0 Å². The van der Waals surface area contributed by atoms with Crippen LogP contribution in [0.25, 0.3) is 0 Å². The van der Waals surface area contributed by atoms with Crippen molar-refractivity contribution in [1.82, 2.24) is 10.3 Å². The average Bonchev–Trinajstić information content (AvgIpc) is 2.44. The van der Waals surface area contributed by atoms with Crippen LogP contribution in [0.1, 0.15) is 52.0 Å². The molecule has 0 amide bonds. The predicted octanol–water partition coefficient (Wildman–Crippen LogP) is 4.44. The number of ether oxygens (including phenoxy) is 1. The van der Waals surface area contributed by atoms with Gasteiger partial charge in [-0.3, -0.25) is 0 Å². The maximum atomic E-state index is 6.30. The second kappa shape index (κ2) is 8.00. The maximum Gasteiger partial charge on any atom is 0.232 e. The first-order chi connectivity index (χ1) is 10.0. The Morgan fingerprint density at radius 3 is 2.67 bits per heavy atom. The van der Waals surface area contributed by atoms with Crippen LogP contribution in [-0.4, -0.2) is 17.6 Å². The normalized spacial score (nSPS) is 22.5. The summed E-state index contributed by atoms with van der Waals surface area (Å²) in [6, 6.07) is 1.96. The van der Waals surface area contributed by atoms with Crippen LogP contribution in [0.2, 0.25) is 5.02 Å². The molecule has 0 saturated heterocycles. The van der Waals surface area contributed by atoms with Crippen LogP contribution in [0.5, 0.6) is 5.88 Å². The Morgan fingerprint density at radius 2 is 2.05 bits per heavy atom. The van der Waals surface area contributed by atoms with Gasteiger partial charge in [-0.05, 0) is 55.7 Å². The lowest BCUT2D eigenvalue weighted by atomic mass is 9.89. The fourth-order valence-corrected chi connectivity index (χ4v) is 2.89. The van der Waals surface area contributed by atoms with Crippen molar-refractivity contribution in [2.45, 2.75) is 59.1 Å². The molecule has 2 rings (SSSR count). The molecule has 0 aromatic carbocycles. The number of nitrogens with one attached hydrogen (secondary N) is 1. The van der Waals surface area contributed by atoms with Crippen LogP contribution in [0.15, 0.2) is 12.3 Å². The highest BCUT2D eigenvalue weighted by molar-refractivity contribution is 6.31. The lowest BCUT2D eigenvalue weighted by Crippen LogP contribution is -2.23. The van der Waals surface area contributed by atoms with Gasteiger partial charge in [0, 0.05) is 12.7 Å². The number of pyridine rings is 1. The van der Waals surface area contributed by atoms with Crippen LogP contribution in [0.4, 0.5) is 0 Å². The number of aromatic nitrogens is 1. The quantitative estimate of drug-likeness (QED) is 0.843. The molecule has 0 spiro atoms. The third kappa shape index (κ3) is 5.48. The second-order valence-corrected chi connectivity index (χ2v) is 7.06. The molecule has 118 valence electrons. The number of hydrogen-bond donors (Lipinski definition) is 1. The lowest BCUT2D eigenvalue weighted by molar-refractivity contribution is 0.130. The minimum atomic E-state index is 0.274. The third-order valence-corrected chi connectivity index (χ3v) is 4.26. The van der Waals surface area contributed by atoms with E-state index in [2.05, 4.69) is 31.1 Å². The molecule has 1 aromatic rings. The smallest absolute Gasteiger partial charge is 0.232 e. The van der Waals surface area contributed by atoms with E-state index in [0.29, 0.717) is 16.8 Å². The minimum Gasteiger partial charge on any atom is -0.473 e. The highest BCUT2D eigenvalue weighted by Crippen LogP contribution is 2.29. The first-order valence-corrected chi connectivity index (χ1v) is 8.44. The van der Waals surface area contributed by atoms with E-state index in [1.807, 2.05) is 12.3 Å². The Labute approximate surface area is 133 Å². The van der Waals surface area contributed by atoms with Gasteiger partial charge in [0.25, 0.3) is 0 Å². The summed E-state index contributed by atoms with van der Waals surface area (Å²) >= 11 is 6.30. The molecule has 1 aliphatic rings. The molecule has 1 fully saturated rings. The topological polar surface area (TPSA) is 34.2 Å². The van der Waals surface area contributed by atoms with Crippen molar-refractivity contribution in [3.05, 3.63) is 22.8 Å². The maximum absolute atomic E-state index is 6.30. The number of halogens is 1. The van der Waals surface area contributed by atoms with Crippen LogP contribution in [-0.2, 0) is 6.54 Å². The summed E-state index contributed by atoms with van der Waals surface area (Å²) in [5, 5.41) is 4.02. The lowest BCUT2D eigenvalue weighted by Gasteiger charge is -2.26. The van der Waals surface area contributed by atoms with Crippen LogP contribution >= 0.6 is 11.6 Å². The van der Waals surface area contributed by atoms with Gasteiger partial charge < -0.3 is 10.1 Å². The summed E-state index contributed by atoms with van der Waals surface area (Å²) < 4.78 is 5.97. The molecule has 1 aromatic heterocycles. The number of nitrogens with zero attached hydrogens (tertiary/aromatic N) is 1. The molecule has 0 atom stereocenters. The molecule has 0 aliphatic heterocycles. The summed E-state index contributed by atoms with van der Waals surface area (Å²) in [4.78, 5) is 4.39. The molecule has 0 radical (unpaired) electrons. The molecule has 1 heterocycles. The van der Waals surface area contributed by atoms with Gasteiger partial charge in [-0.25, -0.2) is 4.98 Å². The number of hydrogen-bond acceptors (Lipinski definition) is 3. The van der Waals surface area contributed by atoms with Gasteiger partial charge in [-0.15, -0.1) is 0 Å². The molecule has 3 nitrogen and oxygen atoms in total. The van der Waals surface area contributed by atoms with E-state index >= 15 is 0 Å². The van der Waals surface area contributed by atoms with E-state index in [1.54, 1.807) is 0 Å². The van der Waals surface area contributed by atoms with Crippen molar-refractivity contribution < 1.29 is 4.74 Å². The predicted molar refractivity (Wildman–Crippen MR) is 87.8 cm³/mol. The van der Waals surface area contributed by atoms with Crippen LogP contribution in [0, 0.1) is 11.8 Å². The summed E-state index contributed by atoms with van der Waals surface area (Å²) in [7, 11) is 0. The van der Waals surface area contributed by atoms with Gasteiger partial charge >= 0.3 is 0 Å². The van der Waals surface area contributed by atoms with E-state index < -0.39 is 0 Å². The van der Waals surface area contributed by atoms with Gasteiger partial charge in [0.1, 0.15) is 11.1 Å². The van der Waals surface area contributed by atoms with E-state index in [1.165, 1.54) is 12.8 Å². The molecule has 0 unspecified atom stereocenters. The van der Waals surface area contributed by atoms with Crippen LogP contribution < -0.4 is 10.1 Å². The van der Waals surface area contributed by atoms with Gasteiger partial charge in [0.2, 0.25) is 5.88 Å². The van der Waals surface area contributed by atoms with Gasteiger partial charge in [0.05, 0.1) is 0 Å². The molecular formula is C17H27ClN2O. The van der Waals surface area contributed by atoms with E-state index in [0.717, 1.165) is 37.4 Å². The Balaban J connectivity index is 1.87. The molecule has 21 heavy (non-hydrogen) atoms. The fraction of sp³-hybridized carbons (Fsp3) is 0.706. The van der Waals surface area contributed by atoms with Crippen molar-refractivity contribution in [2.24, 2.45) is 11.8 Å². The van der Waals surface area contributed by atoms with Crippen molar-refractivity contribution in [2.75, 3.05) is 6.54 Å². The van der Waals surface area contributed by atoms with Gasteiger partial charge in [-0.2, -0.15) is 0 Å². The fourth-order valence-electron chi connectivity index (χ4n) is 2.66. The standard InChI is InChI=1S/C17H27ClN2O/c1-12(2)9-19-10-14-8-16(18)17(20-11-14)21-15-6-4-13(3)5-7-15/h8,11-13,15,19H,4-7,9-10H2,1-3H3. The Bertz CT molecular complexity index is 442. The monoisotopic (exact) mass is 310 g/mol. The first kappa shape index (κ1) is 16.6. The Morgan fingerprint density at radius 1 is 1.33 bits per heavy atom. The molecule has 0 bridgehead atoms. The zero-order valence-corrected chi connectivity index (χ0v) is 14.1. The summed E-state index contributed by atoms with van der Waals surface area (Å²) in [6.07, 6.45) is 6.82. The molecular weight excluding hydrogens is 284 g/mol. The molecule has 4 heteroatoms. The highest BCUT2D eigenvalue weighted by atomic mass is 35.5. The summed E-state index contributed by atoms with van der Waals surface area (Å²) in [6.45, 7) is 8.49. The van der Waals surface area contributed by atoms with Crippen molar-refractivity contribution in [3.8, 4) is 5.88 Å². The third-order valence-electron chi connectivity index (χ3n) is 3.99. The Kier molecular flexibility index (Phi) is 6.31. The second-order valence-electron chi connectivity index (χ2n) is 6.66. The minimum absolute atomic E-state index is 0.274. The zero-order chi connectivity index (χ0) is 15.2. The van der Waals surface area contributed by atoms with E-state index in [4.69, 9.17) is 16.3 Å². The molecule has 1 N–H and O–H groups in total. The highest BCUT2D eigenvalue weighted by Gasteiger charge is 2.20. The first-order valence-electron chi connectivity index (χ1n) is 8.06. The van der Waals surface area contributed by atoms with E-state index in [-0.39, 0.29) is 6.10 Å². The summed E-state index contributed by atoms with van der Waals surface area (Å²) in [5.74, 6) is 2.05.